The summed E-state index contributed by atoms with van der Waals surface area (Å²) in [5.74, 6) is -1.31. The molecule has 0 aliphatic carbocycles. The Morgan fingerprint density at radius 2 is 1.45 bits per heavy atom. The third kappa shape index (κ3) is 10.6. The van der Waals surface area contributed by atoms with Crippen molar-refractivity contribution in [1.29, 1.82) is 0 Å². The molecule has 0 radical (unpaired) electrons. The molecule has 1 amide bonds. The van der Waals surface area contributed by atoms with Crippen LogP contribution in [0.1, 0.15) is 88.1 Å². The van der Waals surface area contributed by atoms with Crippen molar-refractivity contribution in [3.63, 3.8) is 0 Å². The van der Waals surface area contributed by atoms with E-state index in [0.717, 1.165) is 5.56 Å². The van der Waals surface area contributed by atoms with Gasteiger partial charge in [0.15, 0.2) is 14.2 Å². The summed E-state index contributed by atoms with van der Waals surface area (Å²) in [5, 5.41) is 0. The quantitative estimate of drug-likeness (QED) is 0.119. The van der Waals surface area contributed by atoms with Crippen LogP contribution in [0.25, 0.3) is 0 Å². The van der Waals surface area contributed by atoms with Crippen molar-refractivity contribution >= 4 is 14.8 Å². The van der Waals surface area contributed by atoms with Gasteiger partial charge in [0.25, 0.3) is 0 Å². The van der Waals surface area contributed by atoms with E-state index in [4.69, 9.17) is 32.9 Å². The van der Waals surface area contributed by atoms with Crippen molar-refractivity contribution < 1.29 is 46.7 Å². The Bertz CT molecular complexity index is 1330. The normalized spacial score (nSPS) is 18.9. The number of carbonyl (C=O) groups excluding carboxylic acids is 1. The second-order valence-electron chi connectivity index (χ2n) is 15.1. The number of aryl methyl sites for hydroxylation is 1. The van der Waals surface area contributed by atoms with E-state index in [1.807, 2.05) is 65.8 Å². The zero-order valence-corrected chi connectivity index (χ0v) is 30.9. The van der Waals surface area contributed by atoms with Crippen molar-refractivity contribution in [2.75, 3.05) is 19.8 Å². The second-order valence-corrected chi connectivity index (χ2v) is 15.5. The predicted molar refractivity (Wildman–Crippen MR) is 179 cm³/mol. The SMILES string of the molecule is CC(C)(C)OC(=O)N1C(C)(C)OCC1(CCc1ccc(OCCOc2cccc(F)c2)cc1)C(O[PH2]=O)(OC(C)(C)C)OC(C)(C)C. The van der Waals surface area contributed by atoms with E-state index < -0.39 is 48.8 Å². The Balaban J connectivity index is 1.96. The summed E-state index contributed by atoms with van der Waals surface area (Å²) in [7, 11) is -1.84. The zero-order valence-electron chi connectivity index (χ0n) is 29.7. The average molecular weight is 682 g/mol. The van der Waals surface area contributed by atoms with Gasteiger partial charge < -0.3 is 28.4 Å². The highest BCUT2D eigenvalue weighted by Gasteiger charge is 2.70. The van der Waals surface area contributed by atoms with Gasteiger partial charge in [-0.2, -0.15) is 0 Å². The number of nitrogens with zero attached hydrogens (tertiary/aromatic N) is 1. The van der Waals surface area contributed by atoms with Gasteiger partial charge in [-0.15, -0.1) is 0 Å². The Hall–Kier alpha value is -2.69. The summed E-state index contributed by atoms with van der Waals surface area (Å²) < 4.78 is 68.8. The zero-order chi connectivity index (χ0) is 35.3. The summed E-state index contributed by atoms with van der Waals surface area (Å²) in [5.41, 5.74) is -4.20. The van der Waals surface area contributed by atoms with E-state index in [1.54, 1.807) is 46.8 Å². The number of benzene rings is 2. The largest absolute Gasteiger partial charge is 0.490 e. The van der Waals surface area contributed by atoms with Gasteiger partial charge in [-0.05, 0) is 119 Å². The molecule has 1 heterocycles. The number of carbonyl (C=O) groups is 1. The van der Waals surface area contributed by atoms with Crippen LogP contribution in [0.2, 0.25) is 0 Å². The van der Waals surface area contributed by atoms with E-state index in [0.29, 0.717) is 17.9 Å². The molecule has 1 fully saturated rings. The molecule has 47 heavy (non-hydrogen) atoms. The first-order valence-corrected chi connectivity index (χ1v) is 16.8. The van der Waals surface area contributed by atoms with Gasteiger partial charge in [-0.1, -0.05) is 18.2 Å². The Morgan fingerprint density at radius 3 is 1.96 bits per heavy atom. The Kier molecular flexibility index (Phi) is 12.2. The first kappa shape index (κ1) is 38.8. The Labute approximate surface area is 280 Å². The minimum atomic E-state index is -2.00. The molecule has 0 aromatic heterocycles. The van der Waals surface area contributed by atoms with Gasteiger partial charge in [0.2, 0.25) is 0 Å². The van der Waals surface area contributed by atoms with Crippen LogP contribution < -0.4 is 9.47 Å². The molecule has 1 saturated heterocycles. The fourth-order valence-electron chi connectivity index (χ4n) is 5.42. The summed E-state index contributed by atoms with van der Waals surface area (Å²) in [4.78, 5) is 15.6. The molecule has 2 atom stereocenters. The number of rotatable bonds is 13. The van der Waals surface area contributed by atoms with E-state index in [2.05, 4.69) is 0 Å². The topological polar surface area (TPSA) is 102 Å². The molecule has 0 bridgehead atoms. The maximum atomic E-state index is 14.1. The summed E-state index contributed by atoms with van der Waals surface area (Å²) in [6.07, 6.45) is 0.0263. The highest BCUT2D eigenvalue weighted by molar-refractivity contribution is 7.17. The monoisotopic (exact) mass is 681 g/mol. The standard InChI is InChI=1S/C35H53FNO9P/c1-30(2,3)43-29(38)37-33(10,11)42-24-34(37,35(46-47-39,44-31(4,5)6)45-32(7,8)9)20-19-25-15-17-27(18-16-25)40-21-22-41-28-14-12-13-26(36)23-28/h12-18,23H,19-22,24,47H2,1-11H3. The van der Waals surface area contributed by atoms with Gasteiger partial charge in [-0.3, -0.25) is 14.0 Å². The predicted octanol–water partition coefficient (Wildman–Crippen LogP) is 7.93. The first-order chi connectivity index (χ1) is 21.6. The molecule has 2 unspecified atom stereocenters. The molecule has 2 aromatic rings. The summed E-state index contributed by atoms with van der Waals surface area (Å²) in [6, 6.07) is 13.5. The highest BCUT2D eigenvalue weighted by atomic mass is 31.1. The maximum absolute atomic E-state index is 14.1. The van der Waals surface area contributed by atoms with E-state index in [1.165, 1.54) is 17.0 Å². The molecule has 264 valence electrons. The number of hydrogen-bond donors (Lipinski definition) is 0. The lowest BCUT2D eigenvalue weighted by atomic mass is 9.86. The van der Waals surface area contributed by atoms with Crippen LogP contribution in [-0.4, -0.2) is 64.9 Å². The van der Waals surface area contributed by atoms with Gasteiger partial charge in [-0.25, -0.2) is 9.18 Å². The molecule has 0 spiro atoms. The number of amides is 1. The van der Waals surface area contributed by atoms with Crippen LogP contribution in [0.5, 0.6) is 11.5 Å². The first-order valence-electron chi connectivity index (χ1n) is 15.9. The van der Waals surface area contributed by atoms with Crippen molar-refractivity contribution in [2.45, 2.75) is 123 Å². The van der Waals surface area contributed by atoms with Crippen LogP contribution in [0.15, 0.2) is 48.5 Å². The van der Waals surface area contributed by atoms with Crippen LogP contribution >= 0.6 is 8.69 Å². The lowest BCUT2D eigenvalue weighted by Crippen LogP contribution is -2.72. The molecular weight excluding hydrogens is 628 g/mol. The van der Waals surface area contributed by atoms with Crippen molar-refractivity contribution in [3.05, 3.63) is 59.9 Å². The van der Waals surface area contributed by atoms with Crippen LogP contribution in [0.3, 0.4) is 0 Å². The number of halogens is 1. The van der Waals surface area contributed by atoms with Gasteiger partial charge >= 0.3 is 12.1 Å². The molecule has 3 rings (SSSR count). The van der Waals surface area contributed by atoms with Crippen molar-refractivity contribution in [2.24, 2.45) is 0 Å². The van der Waals surface area contributed by atoms with Gasteiger partial charge in [0.1, 0.15) is 41.9 Å². The van der Waals surface area contributed by atoms with Crippen molar-refractivity contribution in [3.8, 4) is 11.5 Å². The number of ether oxygens (including phenoxy) is 6. The lowest BCUT2D eigenvalue weighted by molar-refractivity contribution is -0.434. The fourth-order valence-corrected chi connectivity index (χ4v) is 5.86. The van der Waals surface area contributed by atoms with Gasteiger partial charge in [0, 0.05) is 6.07 Å². The fraction of sp³-hybridized carbons (Fsp3) is 0.629. The molecule has 2 aromatic carbocycles. The van der Waals surface area contributed by atoms with E-state index in [-0.39, 0.29) is 32.1 Å². The third-order valence-electron chi connectivity index (χ3n) is 7.03. The molecule has 10 nitrogen and oxygen atoms in total. The van der Waals surface area contributed by atoms with Crippen molar-refractivity contribution in [1.82, 2.24) is 4.90 Å². The summed E-state index contributed by atoms with van der Waals surface area (Å²) in [6.45, 7) is 20.4. The molecule has 1 aliphatic heterocycles. The summed E-state index contributed by atoms with van der Waals surface area (Å²) >= 11 is 0. The average Bonchev–Trinajstić information content (AvgIpc) is 3.19. The molecular formula is C35H53FNO9P. The highest BCUT2D eigenvalue weighted by Crippen LogP contribution is 2.51. The van der Waals surface area contributed by atoms with Crippen LogP contribution in [-0.2, 0) is 34.5 Å². The molecule has 0 N–H and O–H groups in total. The second kappa shape index (κ2) is 14.8. The van der Waals surface area contributed by atoms with Gasteiger partial charge in [0.05, 0.1) is 17.8 Å². The smallest absolute Gasteiger partial charge is 0.413 e. The molecule has 1 aliphatic rings. The number of hydrogen-bond acceptors (Lipinski definition) is 9. The Morgan fingerprint density at radius 1 is 0.872 bits per heavy atom. The molecule has 0 saturated carbocycles. The van der Waals surface area contributed by atoms with Crippen LogP contribution in [0.4, 0.5) is 9.18 Å². The minimum absolute atomic E-state index is 0.0443. The van der Waals surface area contributed by atoms with Crippen LogP contribution in [0, 0.1) is 5.82 Å². The molecule has 12 heteroatoms. The van der Waals surface area contributed by atoms with E-state index in [9.17, 15) is 13.8 Å². The maximum Gasteiger partial charge on any atom is 0.413 e. The van der Waals surface area contributed by atoms with E-state index >= 15 is 0 Å². The lowest BCUT2D eigenvalue weighted by Gasteiger charge is -2.54. The minimum Gasteiger partial charge on any atom is -0.490 e. The third-order valence-corrected chi connectivity index (χ3v) is 7.44.